The average Bonchev–Trinajstić information content (AvgIpc) is 3.17. The van der Waals surface area contributed by atoms with E-state index in [2.05, 4.69) is 33.0 Å². The fraction of sp³-hybridized carbons (Fsp3) is 0.960. The Bertz CT molecular complexity index is 1110. The first-order valence-electron chi connectivity index (χ1n) is 13.2. The fourth-order valence-corrected chi connectivity index (χ4v) is 11.2. The van der Waals surface area contributed by atoms with Gasteiger partial charge in [0.1, 0.15) is 5.60 Å². The van der Waals surface area contributed by atoms with Crippen LogP contribution in [0.2, 0.25) is 0 Å². The number of sulfonamides is 2. The van der Waals surface area contributed by atoms with E-state index in [1.807, 2.05) is 0 Å². The van der Waals surface area contributed by atoms with Gasteiger partial charge in [-0.25, -0.2) is 31.9 Å². The van der Waals surface area contributed by atoms with Crippen molar-refractivity contribution in [2.45, 2.75) is 105 Å². The maximum absolute atomic E-state index is 12.1. The van der Waals surface area contributed by atoms with Crippen molar-refractivity contribution in [1.82, 2.24) is 5.32 Å². The van der Waals surface area contributed by atoms with Gasteiger partial charge in [0.2, 0.25) is 20.0 Å². The minimum atomic E-state index is -3.62. The lowest BCUT2D eigenvalue weighted by molar-refractivity contribution is 0.0420. The first-order chi connectivity index (χ1) is 16.5. The highest BCUT2D eigenvalue weighted by Crippen LogP contribution is 2.66. The van der Waals surface area contributed by atoms with Gasteiger partial charge in [0.25, 0.3) is 0 Å². The van der Waals surface area contributed by atoms with Gasteiger partial charge in [0.05, 0.1) is 11.5 Å². The van der Waals surface area contributed by atoms with E-state index in [0.717, 1.165) is 38.5 Å². The zero-order valence-electron chi connectivity index (χ0n) is 23.5. The highest BCUT2D eigenvalue weighted by molar-refractivity contribution is 7.89. The topological polar surface area (TPSA) is 185 Å². The quantitative estimate of drug-likeness (QED) is 0.395. The van der Waals surface area contributed by atoms with Crippen LogP contribution in [0.15, 0.2) is 0 Å². The minimum absolute atomic E-state index is 0.00965. The van der Waals surface area contributed by atoms with Crippen molar-refractivity contribution < 1.29 is 26.4 Å². The molecule has 0 heterocycles. The molecule has 4 aliphatic carbocycles. The van der Waals surface area contributed by atoms with E-state index >= 15 is 0 Å². The third kappa shape index (κ3) is 5.69. The SMILES string of the molecule is CC(C)(C)OC(=O)NC1CC2CC[C@]1(CS(N)(=O)=O)C2(C)C.CC1(C)C2CC[C@@]1(CS(N)(=O)=O)C(N)C2. The first kappa shape index (κ1) is 30.6. The van der Waals surface area contributed by atoms with Crippen LogP contribution in [0.1, 0.15) is 87.0 Å². The summed E-state index contributed by atoms with van der Waals surface area (Å²) in [5.41, 5.74) is 4.59. The Balaban J connectivity index is 0.000000220. The van der Waals surface area contributed by atoms with Gasteiger partial charge in [-0.1, -0.05) is 27.7 Å². The molecule has 0 aliphatic heterocycles. The van der Waals surface area contributed by atoms with E-state index in [1.165, 1.54) is 0 Å². The Hall–Kier alpha value is -0.950. The van der Waals surface area contributed by atoms with Crippen molar-refractivity contribution >= 4 is 26.1 Å². The average molecular weight is 565 g/mol. The summed E-state index contributed by atoms with van der Waals surface area (Å²) in [6.07, 6.45) is 4.98. The molecule has 7 N–H and O–H groups in total. The first-order valence-corrected chi connectivity index (χ1v) is 16.6. The number of fused-ring (bicyclic) bond motifs is 4. The molecule has 1 amide bonds. The van der Waals surface area contributed by atoms with Crippen LogP contribution < -0.4 is 21.3 Å². The number of hydrogen-bond donors (Lipinski definition) is 4. The Morgan fingerprint density at radius 3 is 1.68 bits per heavy atom. The Morgan fingerprint density at radius 2 is 1.30 bits per heavy atom. The Morgan fingerprint density at radius 1 is 0.865 bits per heavy atom. The summed E-state index contributed by atoms with van der Waals surface area (Å²) in [5.74, 6) is 0.915. The number of nitrogens with one attached hydrogen (secondary N) is 1. The second kappa shape index (κ2) is 9.31. The number of rotatable bonds is 5. The monoisotopic (exact) mass is 564 g/mol. The molecule has 0 aromatic rings. The molecule has 6 atom stereocenters. The molecule has 4 bridgehead atoms. The van der Waals surface area contributed by atoms with E-state index in [0.29, 0.717) is 11.8 Å². The van der Waals surface area contributed by atoms with Crippen LogP contribution >= 0.6 is 0 Å². The van der Waals surface area contributed by atoms with Crippen LogP contribution in [0.5, 0.6) is 0 Å². The minimum Gasteiger partial charge on any atom is -0.444 e. The highest BCUT2D eigenvalue weighted by Gasteiger charge is 2.66. The lowest BCUT2D eigenvalue weighted by Gasteiger charge is -2.42. The predicted molar refractivity (Wildman–Crippen MR) is 144 cm³/mol. The van der Waals surface area contributed by atoms with Crippen molar-refractivity contribution in [3.8, 4) is 0 Å². The van der Waals surface area contributed by atoms with Crippen LogP contribution in [0.25, 0.3) is 0 Å². The van der Waals surface area contributed by atoms with Crippen molar-refractivity contribution in [2.24, 2.45) is 49.5 Å². The van der Waals surface area contributed by atoms with E-state index < -0.39 is 37.2 Å². The molecule has 4 rings (SSSR count). The molecule has 0 aromatic heterocycles. The van der Waals surface area contributed by atoms with Crippen molar-refractivity contribution in [2.75, 3.05) is 11.5 Å². The van der Waals surface area contributed by atoms with Gasteiger partial charge < -0.3 is 15.8 Å². The third-order valence-corrected chi connectivity index (χ3v) is 12.4. The Kier molecular flexibility index (Phi) is 7.70. The number of hydrogen-bond acceptors (Lipinski definition) is 7. The third-order valence-electron chi connectivity index (χ3n) is 10.5. The lowest BCUT2D eigenvalue weighted by atomic mass is 9.69. The van der Waals surface area contributed by atoms with Gasteiger partial charge in [0.15, 0.2) is 0 Å². The van der Waals surface area contributed by atoms with Gasteiger partial charge in [-0.15, -0.1) is 0 Å². The van der Waals surface area contributed by atoms with Crippen LogP contribution in [0.3, 0.4) is 0 Å². The zero-order valence-corrected chi connectivity index (χ0v) is 25.1. The molecule has 216 valence electrons. The molecule has 4 fully saturated rings. The van der Waals surface area contributed by atoms with Gasteiger partial charge in [-0.2, -0.15) is 0 Å². The van der Waals surface area contributed by atoms with E-state index in [4.69, 9.17) is 20.7 Å². The molecule has 4 aliphatic rings. The summed E-state index contributed by atoms with van der Waals surface area (Å²) < 4.78 is 51.5. The normalized spacial score (nSPS) is 37.7. The summed E-state index contributed by atoms with van der Waals surface area (Å²) in [6, 6.07) is -0.223. The standard InChI is InChI=1S/C15H28N2O4S.C10H20N2O2S/c1-13(2,3)21-12(18)17-11-8-10-6-7-15(11,14(10,4)5)9-22(16,19)20;1-9(2)7-3-4-10(9,8(11)5-7)6-15(12,13)14/h10-11H,6-9H2,1-5H3,(H,17,18)(H2,16,19,20);7-8H,3-6,11H2,1-2H3,(H2,12,13,14)/t10?,11?,15-;7?,8?,10-/m11/s1. The van der Waals surface area contributed by atoms with Gasteiger partial charge in [-0.3, -0.25) is 0 Å². The van der Waals surface area contributed by atoms with E-state index in [1.54, 1.807) is 20.8 Å². The van der Waals surface area contributed by atoms with Crippen molar-refractivity contribution in [1.29, 1.82) is 0 Å². The van der Waals surface area contributed by atoms with Crippen molar-refractivity contribution in [3.05, 3.63) is 0 Å². The largest absolute Gasteiger partial charge is 0.444 e. The maximum atomic E-state index is 12.1. The number of nitrogens with two attached hydrogens (primary N) is 3. The molecular formula is C25H48N4O6S2. The number of primary sulfonamides is 2. The molecule has 0 spiro atoms. The molecule has 0 radical (unpaired) electrons. The van der Waals surface area contributed by atoms with Crippen molar-refractivity contribution in [3.63, 3.8) is 0 Å². The number of amides is 1. The second-order valence-corrected chi connectivity index (χ2v) is 17.3. The highest BCUT2D eigenvalue weighted by atomic mass is 32.2. The zero-order chi connectivity index (χ0) is 28.5. The summed E-state index contributed by atoms with van der Waals surface area (Å²) in [5, 5.41) is 13.4. The number of carbonyl (C=O) groups is 1. The summed E-state index contributed by atoms with van der Waals surface area (Å²) >= 11 is 0. The number of carbonyl (C=O) groups excluding carboxylic acids is 1. The molecule has 0 aromatic carbocycles. The van der Waals surface area contributed by atoms with Crippen LogP contribution in [-0.2, 0) is 24.8 Å². The van der Waals surface area contributed by atoms with Gasteiger partial charge in [-0.05, 0) is 82.0 Å². The second-order valence-electron chi connectivity index (χ2n) is 14.1. The summed E-state index contributed by atoms with van der Waals surface area (Å²) in [6.45, 7) is 13.9. The van der Waals surface area contributed by atoms with Crippen LogP contribution in [-0.4, -0.2) is 52.1 Å². The summed E-state index contributed by atoms with van der Waals surface area (Å²) in [7, 11) is -7.05. The molecule has 10 nitrogen and oxygen atoms in total. The van der Waals surface area contributed by atoms with Gasteiger partial charge in [0, 0.05) is 22.9 Å². The van der Waals surface area contributed by atoms with E-state index in [9.17, 15) is 21.6 Å². The molecule has 37 heavy (non-hydrogen) atoms. The van der Waals surface area contributed by atoms with Crippen LogP contribution in [0, 0.1) is 33.5 Å². The molecular weight excluding hydrogens is 516 g/mol. The molecule has 0 saturated heterocycles. The smallest absolute Gasteiger partial charge is 0.407 e. The number of ether oxygens (including phenoxy) is 1. The Labute approximate surface area is 223 Å². The summed E-state index contributed by atoms with van der Waals surface area (Å²) in [4.78, 5) is 12.1. The van der Waals surface area contributed by atoms with E-state index in [-0.39, 0.29) is 39.8 Å². The molecule has 4 saturated carbocycles. The van der Waals surface area contributed by atoms with Gasteiger partial charge >= 0.3 is 6.09 Å². The number of alkyl carbamates (subject to hydrolysis) is 1. The molecule has 4 unspecified atom stereocenters. The maximum Gasteiger partial charge on any atom is 0.407 e. The lowest BCUT2D eigenvalue weighted by Crippen LogP contribution is -2.53. The van der Waals surface area contributed by atoms with Crippen LogP contribution in [0.4, 0.5) is 4.79 Å². The fourth-order valence-electron chi connectivity index (χ4n) is 8.29. The predicted octanol–water partition coefficient (Wildman–Crippen LogP) is 2.42. The molecule has 12 heteroatoms.